The summed E-state index contributed by atoms with van der Waals surface area (Å²) >= 11 is 0. The van der Waals surface area contributed by atoms with Gasteiger partial charge < -0.3 is 10.5 Å². The van der Waals surface area contributed by atoms with Crippen molar-refractivity contribution in [1.82, 2.24) is 4.31 Å². The third kappa shape index (κ3) is 3.31. The highest BCUT2D eigenvalue weighted by atomic mass is 32.2. The molecule has 6 heteroatoms. The highest BCUT2D eigenvalue weighted by Gasteiger charge is 2.29. The van der Waals surface area contributed by atoms with E-state index in [4.69, 9.17) is 10.5 Å². The predicted molar refractivity (Wildman–Crippen MR) is 81.2 cm³/mol. The van der Waals surface area contributed by atoms with E-state index in [1.807, 2.05) is 20.8 Å². The molecule has 1 atom stereocenters. The summed E-state index contributed by atoms with van der Waals surface area (Å²) < 4.78 is 32.1. The molecule has 114 valence electrons. The molecule has 1 unspecified atom stereocenters. The van der Waals surface area contributed by atoms with E-state index in [1.54, 1.807) is 26.2 Å². The van der Waals surface area contributed by atoms with Crippen LogP contribution in [0, 0.1) is 13.8 Å². The van der Waals surface area contributed by atoms with E-state index < -0.39 is 10.0 Å². The topological polar surface area (TPSA) is 72.6 Å². The van der Waals surface area contributed by atoms with Gasteiger partial charge in [0.05, 0.1) is 11.5 Å². The molecule has 0 spiro atoms. The van der Waals surface area contributed by atoms with E-state index in [2.05, 4.69) is 0 Å². The highest BCUT2D eigenvalue weighted by molar-refractivity contribution is 7.89. The molecule has 1 aromatic rings. The lowest BCUT2D eigenvalue weighted by molar-refractivity contribution is 0.142. The number of nitrogen functional groups attached to an aromatic ring is 1. The zero-order chi connectivity index (χ0) is 15.5. The number of hydrogen-bond acceptors (Lipinski definition) is 4. The minimum atomic E-state index is -3.57. The number of benzene rings is 1. The normalized spacial score (nSPS) is 13.7. The number of rotatable bonds is 6. The molecule has 0 aliphatic rings. The Labute approximate surface area is 121 Å². The van der Waals surface area contributed by atoms with Crippen molar-refractivity contribution in [2.75, 3.05) is 26.0 Å². The van der Waals surface area contributed by atoms with Crippen LogP contribution in [0.25, 0.3) is 0 Å². The molecule has 0 aromatic heterocycles. The minimum Gasteiger partial charge on any atom is -0.398 e. The smallest absolute Gasteiger partial charge is 0.243 e. The van der Waals surface area contributed by atoms with Gasteiger partial charge in [-0.05, 0) is 44.0 Å². The van der Waals surface area contributed by atoms with Crippen molar-refractivity contribution < 1.29 is 13.2 Å². The van der Waals surface area contributed by atoms with Crippen LogP contribution in [0.3, 0.4) is 0 Å². The van der Waals surface area contributed by atoms with Crippen LogP contribution in [0.1, 0.15) is 25.0 Å². The number of ether oxygens (including phenoxy) is 1. The molecule has 0 aliphatic carbocycles. The first-order valence-electron chi connectivity index (χ1n) is 6.63. The van der Waals surface area contributed by atoms with Crippen molar-refractivity contribution in [2.24, 2.45) is 0 Å². The van der Waals surface area contributed by atoms with Gasteiger partial charge in [0.2, 0.25) is 10.0 Å². The Morgan fingerprint density at radius 2 is 1.95 bits per heavy atom. The number of nitrogens with two attached hydrogens (primary N) is 1. The molecule has 0 saturated carbocycles. The van der Waals surface area contributed by atoms with Crippen LogP contribution in [0.15, 0.2) is 17.0 Å². The first kappa shape index (κ1) is 16.9. The van der Waals surface area contributed by atoms with Gasteiger partial charge in [-0.25, -0.2) is 8.42 Å². The number of hydrogen-bond donors (Lipinski definition) is 1. The second-order valence-electron chi connectivity index (χ2n) is 4.99. The maximum Gasteiger partial charge on any atom is 0.243 e. The summed E-state index contributed by atoms with van der Waals surface area (Å²) in [4.78, 5) is 0.278. The zero-order valence-corrected chi connectivity index (χ0v) is 13.6. The number of sulfonamides is 1. The first-order chi connectivity index (χ1) is 9.25. The third-order valence-corrected chi connectivity index (χ3v) is 5.56. The van der Waals surface area contributed by atoms with Gasteiger partial charge >= 0.3 is 0 Å². The lowest BCUT2D eigenvalue weighted by Crippen LogP contribution is -2.41. The van der Waals surface area contributed by atoms with Gasteiger partial charge in [0.15, 0.2) is 0 Å². The quantitative estimate of drug-likeness (QED) is 0.815. The number of aryl methyl sites for hydroxylation is 1. The third-order valence-electron chi connectivity index (χ3n) is 3.34. The summed E-state index contributed by atoms with van der Waals surface area (Å²) in [5, 5.41) is 0. The second-order valence-corrected chi connectivity index (χ2v) is 6.85. The molecule has 0 saturated heterocycles. The van der Waals surface area contributed by atoms with Crippen LogP contribution in [0.4, 0.5) is 5.69 Å². The predicted octanol–water partition coefficient (Wildman–Crippen LogP) is 1.93. The van der Waals surface area contributed by atoms with E-state index in [0.717, 1.165) is 5.56 Å². The largest absolute Gasteiger partial charge is 0.398 e. The van der Waals surface area contributed by atoms with Crippen LogP contribution in [-0.4, -0.2) is 39.0 Å². The minimum absolute atomic E-state index is 0.226. The molecular formula is C14H24N2O3S. The van der Waals surface area contributed by atoms with Gasteiger partial charge in [-0.2, -0.15) is 4.31 Å². The molecular weight excluding hydrogens is 276 g/mol. The second kappa shape index (κ2) is 6.56. The number of likely N-dealkylation sites (N-methyl/N-ethyl adjacent to an activating group) is 1. The van der Waals surface area contributed by atoms with E-state index >= 15 is 0 Å². The highest BCUT2D eigenvalue weighted by Crippen LogP contribution is 2.27. The summed E-state index contributed by atoms with van der Waals surface area (Å²) in [6, 6.07) is 3.23. The maximum atomic E-state index is 12.8. The summed E-state index contributed by atoms with van der Waals surface area (Å²) in [6.45, 7) is 7.96. The molecule has 0 fully saturated rings. The van der Waals surface area contributed by atoms with Gasteiger partial charge in [-0.1, -0.05) is 6.92 Å². The molecule has 20 heavy (non-hydrogen) atoms. The van der Waals surface area contributed by atoms with Crippen molar-refractivity contribution in [2.45, 2.75) is 38.6 Å². The summed E-state index contributed by atoms with van der Waals surface area (Å²) in [5.41, 5.74) is 7.82. The molecule has 0 amide bonds. The molecule has 0 heterocycles. The van der Waals surface area contributed by atoms with Crippen LogP contribution in [-0.2, 0) is 14.8 Å². The monoisotopic (exact) mass is 300 g/mol. The van der Waals surface area contributed by atoms with Crippen LogP contribution in [0.5, 0.6) is 0 Å². The summed E-state index contributed by atoms with van der Waals surface area (Å²) in [6.07, 6.45) is 0. The van der Waals surface area contributed by atoms with Crippen molar-refractivity contribution >= 4 is 15.7 Å². The van der Waals surface area contributed by atoms with Gasteiger partial charge in [0.25, 0.3) is 0 Å². The Bertz CT molecular complexity index is 570. The Balaban J connectivity index is 3.35. The SMILES string of the molecule is CCN(C(C)COC)S(=O)(=O)c1cc(C)cc(N)c1C. The van der Waals surface area contributed by atoms with E-state index in [9.17, 15) is 8.42 Å². The van der Waals surface area contributed by atoms with Crippen molar-refractivity contribution in [3.8, 4) is 0 Å². The average Bonchev–Trinajstić information content (AvgIpc) is 2.34. The molecule has 1 rings (SSSR count). The van der Waals surface area contributed by atoms with E-state index in [-0.39, 0.29) is 10.9 Å². The molecule has 0 radical (unpaired) electrons. The van der Waals surface area contributed by atoms with Crippen molar-refractivity contribution in [3.05, 3.63) is 23.3 Å². The molecule has 0 bridgehead atoms. The summed E-state index contributed by atoms with van der Waals surface area (Å²) in [5.74, 6) is 0. The van der Waals surface area contributed by atoms with Gasteiger partial charge in [-0.15, -0.1) is 0 Å². The fourth-order valence-corrected chi connectivity index (χ4v) is 4.26. The lowest BCUT2D eigenvalue weighted by Gasteiger charge is -2.27. The average molecular weight is 300 g/mol. The van der Waals surface area contributed by atoms with Crippen LogP contribution < -0.4 is 5.73 Å². The Kier molecular flexibility index (Phi) is 5.56. The fourth-order valence-electron chi connectivity index (χ4n) is 2.29. The maximum absolute atomic E-state index is 12.8. The number of methoxy groups -OCH3 is 1. The first-order valence-corrected chi connectivity index (χ1v) is 8.07. The number of anilines is 1. The lowest BCUT2D eigenvalue weighted by atomic mass is 10.1. The van der Waals surface area contributed by atoms with Crippen LogP contribution >= 0.6 is 0 Å². The molecule has 0 aliphatic heterocycles. The molecule has 2 N–H and O–H groups in total. The van der Waals surface area contributed by atoms with Gasteiger partial charge in [0.1, 0.15) is 0 Å². The molecule has 5 nitrogen and oxygen atoms in total. The van der Waals surface area contributed by atoms with Crippen molar-refractivity contribution in [3.63, 3.8) is 0 Å². The summed E-state index contributed by atoms with van der Waals surface area (Å²) in [7, 11) is -2.01. The zero-order valence-electron chi connectivity index (χ0n) is 12.8. The Morgan fingerprint density at radius 1 is 1.35 bits per heavy atom. The van der Waals surface area contributed by atoms with E-state index in [0.29, 0.717) is 24.4 Å². The van der Waals surface area contributed by atoms with Gasteiger partial charge in [-0.3, -0.25) is 0 Å². The van der Waals surface area contributed by atoms with Crippen LogP contribution in [0.2, 0.25) is 0 Å². The fraction of sp³-hybridized carbons (Fsp3) is 0.571. The standard InChI is InChI=1S/C14H24N2O3S/c1-6-16(11(3)9-19-5)20(17,18)14-8-10(2)7-13(15)12(14)4/h7-8,11H,6,9,15H2,1-5H3. The van der Waals surface area contributed by atoms with E-state index in [1.165, 1.54) is 4.31 Å². The Hall–Kier alpha value is -1.11. The number of nitrogens with zero attached hydrogens (tertiary/aromatic N) is 1. The molecule has 1 aromatic carbocycles. The Morgan fingerprint density at radius 3 is 2.45 bits per heavy atom. The van der Waals surface area contributed by atoms with Crippen molar-refractivity contribution in [1.29, 1.82) is 0 Å². The van der Waals surface area contributed by atoms with Gasteiger partial charge in [0, 0.05) is 25.4 Å².